The lowest BCUT2D eigenvalue weighted by Gasteiger charge is -2.22. The van der Waals surface area contributed by atoms with Crippen molar-refractivity contribution in [3.8, 4) is 0 Å². The van der Waals surface area contributed by atoms with Crippen molar-refractivity contribution < 1.29 is 4.79 Å². The zero-order chi connectivity index (χ0) is 13.5. The molecule has 1 rings (SSSR count). The van der Waals surface area contributed by atoms with Crippen LogP contribution in [0.2, 0.25) is 0 Å². The van der Waals surface area contributed by atoms with E-state index in [1.807, 2.05) is 7.05 Å². The molecule has 3 nitrogen and oxygen atoms in total. The third kappa shape index (κ3) is 4.02. The molecule has 100 valence electrons. The van der Waals surface area contributed by atoms with Crippen LogP contribution in [0.3, 0.4) is 0 Å². The van der Waals surface area contributed by atoms with E-state index >= 15 is 0 Å². The number of amides is 1. The van der Waals surface area contributed by atoms with Gasteiger partial charge in [-0.05, 0) is 31.5 Å². The summed E-state index contributed by atoms with van der Waals surface area (Å²) < 4.78 is 0. The molecule has 0 heterocycles. The lowest BCUT2D eigenvalue weighted by atomic mass is 10.2. The number of hydrogen-bond acceptors (Lipinski definition) is 2. The first-order valence-electron chi connectivity index (χ1n) is 6.26. The van der Waals surface area contributed by atoms with Crippen molar-refractivity contribution in [2.24, 2.45) is 0 Å². The molecule has 0 aromatic heterocycles. The molecule has 4 heteroatoms. The summed E-state index contributed by atoms with van der Waals surface area (Å²) >= 11 is 3.18. The summed E-state index contributed by atoms with van der Waals surface area (Å²) in [6.45, 7) is 6.98. The van der Waals surface area contributed by atoms with Crippen LogP contribution >= 0.6 is 15.9 Å². The van der Waals surface area contributed by atoms with E-state index in [0.29, 0.717) is 11.9 Å². The molecule has 0 spiro atoms. The van der Waals surface area contributed by atoms with E-state index in [4.69, 9.17) is 0 Å². The molecule has 0 bridgehead atoms. The minimum Gasteiger partial charge on any atom is -0.372 e. The van der Waals surface area contributed by atoms with Gasteiger partial charge in [-0.3, -0.25) is 4.79 Å². The monoisotopic (exact) mass is 312 g/mol. The molecule has 0 aliphatic rings. The van der Waals surface area contributed by atoms with Crippen LogP contribution in [0, 0.1) is 0 Å². The van der Waals surface area contributed by atoms with Crippen LogP contribution in [-0.2, 0) is 11.3 Å². The second kappa shape index (κ2) is 7.41. The highest BCUT2D eigenvalue weighted by Gasteiger charge is 2.07. The van der Waals surface area contributed by atoms with Crippen LogP contribution in [0.4, 0.5) is 5.69 Å². The van der Waals surface area contributed by atoms with Crippen molar-refractivity contribution in [1.29, 1.82) is 0 Å². The smallest absolute Gasteiger partial charge is 0.233 e. The Morgan fingerprint density at radius 2 is 1.72 bits per heavy atom. The number of nitrogens with zero attached hydrogens (tertiary/aromatic N) is 2. The molecular formula is C14H21BrN2O. The number of hydrogen-bond donors (Lipinski definition) is 0. The summed E-state index contributed by atoms with van der Waals surface area (Å²) in [4.78, 5) is 15.5. The highest BCUT2D eigenvalue weighted by atomic mass is 79.9. The fraction of sp³-hybridized carbons (Fsp3) is 0.500. The van der Waals surface area contributed by atoms with Crippen molar-refractivity contribution in [2.75, 3.05) is 30.4 Å². The van der Waals surface area contributed by atoms with E-state index in [9.17, 15) is 4.79 Å². The standard InChI is InChI=1S/C14H21BrN2O/c1-4-17(5-2)13-8-6-12(7-9-13)11-16(3)14(18)10-15/h6-9H,4-5,10-11H2,1-3H3. The predicted molar refractivity (Wildman–Crippen MR) is 80.3 cm³/mol. The quantitative estimate of drug-likeness (QED) is 0.754. The molecule has 1 amide bonds. The summed E-state index contributed by atoms with van der Waals surface area (Å²) in [7, 11) is 1.82. The number of alkyl halides is 1. The summed E-state index contributed by atoms with van der Waals surface area (Å²) in [5.41, 5.74) is 2.39. The first-order chi connectivity index (χ1) is 8.62. The first kappa shape index (κ1) is 15.0. The van der Waals surface area contributed by atoms with Crippen molar-refractivity contribution >= 4 is 27.5 Å². The molecule has 18 heavy (non-hydrogen) atoms. The second-order valence-corrected chi connectivity index (χ2v) is 4.78. The van der Waals surface area contributed by atoms with Crippen LogP contribution in [0.5, 0.6) is 0 Å². The maximum atomic E-state index is 11.5. The minimum atomic E-state index is 0.0998. The van der Waals surface area contributed by atoms with Gasteiger partial charge in [0.2, 0.25) is 5.91 Å². The van der Waals surface area contributed by atoms with E-state index < -0.39 is 0 Å². The van der Waals surface area contributed by atoms with Crippen molar-refractivity contribution in [1.82, 2.24) is 4.90 Å². The van der Waals surface area contributed by atoms with Crippen LogP contribution in [0.1, 0.15) is 19.4 Å². The normalized spacial score (nSPS) is 10.2. The third-order valence-electron chi connectivity index (χ3n) is 3.02. The van der Waals surface area contributed by atoms with Gasteiger partial charge in [0.1, 0.15) is 0 Å². The average Bonchev–Trinajstić information content (AvgIpc) is 2.41. The van der Waals surface area contributed by atoms with Gasteiger partial charge >= 0.3 is 0 Å². The fourth-order valence-corrected chi connectivity index (χ4v) is 2.29. The molecule has 0 unspecified atom stereocenters. The Balaban J connectivity index is 2.68. The number of anilines is 1. The van der Waals surface area contributed by atoms with Gasteiger partial charge in [-0.2, -0.15) is 0 Å². The van der Waals surface area contributed by atoms with Gasteiger partial charge in [-0.1, -0.05) is 28.1 Å². The van der Waals surface area contributed by atoms with E-state index in [2.05, 4.69) is 58.9 Å². The Morgan fingerprint density at radius 3 is 2.17 bits per heavy atom. The van der Waals surface area contributed by atoms with E-state index in [1.54, 1.807) is 4.90 Å². The summed E-state index contributed by atoms with van der Waals surface area (Å²) in [5.74, 6) is 0.0998. The molecule has 0 atom stereocenters. The molecule has 0 fully saturated rings. The Kier molecular flexibility index (Phi) is 6.19. The number of rotatable bonds is 6. The van der Waals surface area contributed by atoms with Gasteiger partial charge in [0.25, 0.3) is 0 Å². The molecule has 1 aromatic carbocycles. The zero-order valence-corrected chi connectivity index (χ0v) is 12.9. The largest absolute Gasteiger partial charge is 0.372 e. The van der Waals surface area contributed by atoms with Gasteiger partial charge in [0.05, 0.1) is 5.33 Å². The van der Waals surface area contributed by atoms with Crippen LogP contribution in [0.25, 0.3) is 0 Å². The topological polar surface area (TPSA) is 23.6 Å². The van der Waals surface area contributed by atoms with E-state index in [-0.39, 0.29) is 5.91 Å². The predicted octanol–water partition coefficient (Wildman–Crippen LogP) is 2.89. The SMILES string of the molecule is CCN(CC)c1ccc(CN(C)C(=O)CBr)cc1. The average molecular weight is 313 g/mol. The fourth-order valence-electron chi connectivity index (χ4n) is 1.86. The lowest BCUT2D eigenvalue weighted by molar-refractivity contribution is -0.127. The third-order valence-corrected chi connectivity index (χ3v) is 3.50. The zero-order valence-electron chi connectivity index (χ0n) is 11.3. The summed E-state index contributed by atoms with van der Waals surface area (Å²) in [6, 6.07) is 8.42. The summed E-state index contributed by atoms with van der Waals surface area (Å²) in [5, 5.41) is 0.376. The molecule has 0 radical (unpaired) electrons. The van der Waals surface area contributed by atoms with Gasteiger partial charge in [-0.15, -0.1) is 0 Å². The van der Waals surface area contributed by atoms with Gasteiger partial charge in [0.15, 0.2) is 0 Å². The first-order valence-corrected chi connectivity index (χ1v) is 7.38. The molecule has 1 aromatic rings. The van der Waals surface area contributed by atoms with Crippen molar-refractivity contribution in [3.05, 3.63) is 29.8 Å². The number of halogens is 1. The Labute approximate surface area is 118 Å². The Morgan fingerprint density at radius 1 is 1.17 bits per heavy atom. The van der Waals surface area contributed by atoms with Crippen molar-refractivity contribution in [2.45, 2.75) is 20.4 Å². The molecular weight excluding hydrogens is 292 g/mol. The number of carbonyl (C=O) groups is 1. The Bertz CT molecular complexity index is 374. The maximum absolute atomic E-state index is 11.5. The van der Waals surface area contributed by atoms with E-state index in [1.165, 1.54) is 5.69 Å². The second-order valence-electron chi connectivity index (χ2n) is 4.22. The van der Waals surface area contributed by atoms with E-state index in [0.717, 1.165) is 18.7 Å². The highest BCUT2D eigenvalue weighted by molar-refractivity contribution is 9.09. The van der Waals surface area contributed by atoms with Crippen LogP contribution < -0.4 is 4.90 Å². The summed E-state index contributed by atoms with van der Waals surface area (Å²) in [6.07, 6.45) is 0. The van der Waals surface area contributed by atoms with Crippen molar-refractivity contribution in [3.63, 3.8) is 0 Å². The maximum Gasteiger partial charge on any atom is 0.233 e. The van der Waals surface area contributed by atoms with Crippen LogP contribution in [-0.4, -0.2) is 36.3 Å². The molecule has 0 aliphatic carbocycles. The van der Waals surface area contributed by atoms with Crippen LogP contribution in [0.15, 0.2) is 24.3 Å². The molecule has 0 N–H and O–H groups in total. The minimum absolute atomic E-state index is 0.0998. The molecule has 0 aliphatic heterocycles. The number of carbonyl (C=O) groups excluding carboxylic acids is 1. The Hall–Kier alpha value is -1.03. The van der Waals surface area contributed by atoms with Gasteiger partial charge in [-0.25, -0.2) is 0 Å². The highest BCUT2D eigenvalue weighted by Crippen LogP contribution is 2.15. The lowest BCUT2D eigenvalue weighted by Crippen LogP contribution is -2.27. The molecule has 0 saturated carbocycles. The van der Waals surface area contributed by atoms with Gasteiger partial charge < -0.3 is 9.80 Å². The molecule has 0 saturated heterocycles. The van der Waals surface area contributed by atoms with Gasteiger partial charge in [0, 0.05) is 32.4 Å². The number of benzene rings is 1.